The number of hydrogen-bond acceptors (Lipinski definition) is 2. The van der Waals surface area contributed by atoms with Gasteiger partial charge in [0.15, 0.2) is 23.3 Å². The lowest BCUT2D eigenvalue weighted by Gasteiger charge is -2.10. The van der Waals surface area contributed by atoms with Gasteiger partial charge in [0.2, 0.25) is 0 Å². The average molecular weight is 291 g/mol. The lowest BCUT2D eigenvalue weighted by molar-refractivity contribution is 0.458. The first-order valence-corrected chi connectivity index (χ1v) is 5.53. The van der Waals surface area contributed by atoms with Crippen molar-refractivity contribution in [3.05, 3.63) is 58.4 Å². The number of anilines is 1. The van der Waals surface area contributed by atoms with E-state index in [9.17, 15) is 17.6 Å². The standard InChI is InChI=1S/C12H7ClF4N2/c13-7-5-18-2-1-6(7)4-19-12-10(16)8(14)3-9(15)11(12)17/h1-3,5,19H,4H2. The van der Waals surface area contributed by atoms with Crippen LogP contribution < -0.4 is 5.32 Å². The van der Waals surface area contributed by atoms with Crippen molar-refractivity contribution >= 4 is 17.3 Å². The van der Waals surface area contributed by atoms with Crippen molar-refractivity contribution in [2.45, 2.75) is 6.54 Å². The van der Waals surface area contributed by atoms with Gasteiger partial charge in [0.1, 0.15) is 5.69 Å². The second kappa shape index (κ2) is 5.44. The molecule has 0 aliphatic rings. The molecule has 0 saturated carbocycles. The van der Waals surface area contributed by atoms with E-state index in [-0.39, 0.29) is 17.6 Å². The molecule has 1 aromatic heterocycles. The van der Waals surface area contributed by atoms with Crippen LogP contribution in [0.1, 0.15) is 5.56 Å². The highest BCUT2D eigenvalue weighted by atomic mass is 35.5. The van der Waals surface area contributed by atoms with Crippen LogP contribution in [0.3, 0.4) is 0 Å². The van der Waals surface area contributed by atoms with Crippen LogP contribution in [0, 0.1) is 23.3 Å². The van der Waals surface area contributed by atoms with Gasteiger partial charge in [0, 0.05) is 25.0 Å². The zero-order valence-electron chi connectivity index (χ0n) is 9.35. The van der Waals surface area contributed by atoms with Gasteiger partial charge in [-0.05, 0) is 11.6 Å². The molecular weight excluding hydrogens is 284 g/mol. The molecule has 100 valence electrons. The first-order valence-electron chi connectivity index (χ1n) is 5.16. The molecule has 7 heteroatoms. The van der Waals surface area contributed by atoms with Gasteiger partial charge in [-0.15, -0.1) is 0 Å². The second-order valence-corrected chi connectivity index (χ2v) is 4.07. The van der Waals surface area contributed by atoms with Crippen molar-refractivity contribution in [3.63, 3.8) is 0 Å². The first kappa shape index (κ1) is 13.6. The van der Waals surface area contributed by atoms with E-state index in [0.717, 1.165) is 0 Å². The van der Waals surface area contributed by atoms with E-state index < -0.39 is 29.0 Å². The molecule has 0 unspecified atom stereocenters. The number of aromatic nitrogens is 1. The lowest BCUT2D eigenvalue weighted by Crippen LogP contribution is -2.07. The molecule has 0 atom stereocenters. The molecule has 0 amide bonds. The highest BCUT2D eigenvalue weighted by Gasteiger charge is 2.18. The third kappa shape index (κ3) is 2.78. The molecule has 0 aliphatic carbocycles. The molecule has 2 rings (SSSR count). The molecule has 19 heavy (non-hydrogen) atoms. The highest BCUT2D eigenvalue weighted by molar-refractivity contribution is 6.31. The summed E-state index contributed by atoms with van der Waals surface area (Å²) in [4.78, 5) is 3.74. The SMILES string of the molecule is Fc1cc(F)c(F)c(NCc2ccncc2Cl)c1F. The minimum Gasteiger partial charge on any atom is -0.376 e. The Kier molecular flexibility index (Phi) is 3.90. The van der Waals surface area contributed by atoms with E-state index in [2.05, 4.69) is 10.3 Å². The molecular formula is C12H7ClF4N2. The summed E-state index contributed by atoms with van der Waals surface area (Å²) in [5.41, 5.74) is -0.384. The summed E-state index contributed by atoms with van der Waals surface area (Å²) in [7, 11) is 0. The lowest BCUT2D eigenvalue weighted by atomic mass is 10.2. The van der Waals surface area contributed by atoms with Crippen LogP contribution in [0.15, 0.2) is 24.5 Å². The fraction of sp³-hybridized carbons (Fsp3) is 0.0833. The molecule has 2 aromatic rings. The first-order chi connectivity index (χ1) is 9.00. The van der Waals surface area contributed by atoms with E-state index in [0.29, 0.717) is 5.56 Å². The smallest absolute Gasteiger partial charge is 0.185 e. The van der Waals surface area contributed by atoms with Gasteiger partial charge in [-0.2, -0.15) is 0 Å². The zero-order chi connectivity index (χ0) is 14.0. The Morgan fingerprint density at radius 1 is 1.11 bits per heavy atom. The fourth-order valence-corrected chi connectivity index (χ4v) is 1.65. The number of hydrogen-bond donors (Lipinski definition) is 1. The summed E-state index contributed by atoms with van der Waals surface area (Å²) in [5, 5.41) is 2.55. The van der Waals surface area contributed by atoms with Crippen LogP contribution in [0.4, 0.5) is 23.2 Å². The topological polar surface area (TPSA) is 24.9 Å². The summed E-state index contributed by atoms with van der Waals surface area (Å²) in [6, 6.07) is 1.66. The third-order valence-electron chi connectivity index (χ3n) is 2.42. The van der Waals surface area contributed by atoms with Gasteiger partial charge in [-0.25, -0.2) is 17.6 Å². The van der Waals surface area contributed by atoms with Crippen molar-refractivity contribution in [3.8, 4) is 0 Å². The molecule has 0 aliphatic heterocycles. The summed E-state index contributed by atoms with van der Waals surface area (Å²) < 4.78 is 52.6. The van der Waals surface area contributed by atoms with Crippen molar-refractivity contribution in [2.75, 3.05) is 5.32 Å². The van der Waals surface area contributed by atoms with E-state index in [1.54, 1.807) is 0 Å². The highest BCUT2D eigenvalue weighted by Crippen LogP contribution is 2.25. The number of benzene rings is 1. The molecule has 1 N–H and O–H groups in total. The van der Waals surface area contributed by atoms with E-state index >= 15 is 0 Å². The maximum Gasteiger partial charge on any atom is 0.185 e. The Hall–Kier alpha value is -1.82. The van der Waals surface area contributed by atoms with Gasteiger partial charge in [-0.3, -0.25) is 4.98 Å². The van der Waals surface area contributed by atoms with Gasteiger partial charge >= 0.3 is 0 Å². The number of nitrogens with zero attached hydrogens (tertiary/aromatic N) is 1. The maximum absolute atomic E-state index is 13.4. The molecule has 1 heterocycles. The van der Waals surface area contributed by atoms with Crippen LogP contribution in [0.2, 0.25) is 5.02 Å². The summed E-state index contributed by atoms with van der Waals surface area (Å²) in [5.74, 6) is -5.90. The monoisotopic (exact) mass is 290 g/mol. The third-order valence-corrected chi connectivity index (χ3v) is 2.76. The molecule has 0 spiro atoms. The Bertz CT molecular complexity index is 593. The molecule has 0 fully saturated rings. The Balaban J connectivity index is 2.28. The zero-order valence-corrected chi connectivity index (χ0v) is 10.1. The number of halogens is 5. The van der Waals surface area contributed by atoms with Gasteiger partial charge < -0.3 is 5.32 Å². The number of pyridine rings is 1. The van der Waals surface area contributed by atoms with Crippen LogP contribution in [-0.2, 0) is 6.54 Å². The normalized spacial score (nSPS) is 10.6. The predicted molar refractivity (Wildman–Crippen MR) is 62.8 cm³/mol. The van der Waals surface area contributed by atoms with E-state index in [4.69, 9.17) is 11.6 Å². The maximum atomic E-state index is 13.4. The van der Waals surface area contributed by atoms with Crippen molar-refractivity contribution in [2.24, 2.45) is 0 Å². The molecule has 2 nitrogen and oxygen atoms in total. The number of rotatable bonds is 3. The minimum absolute atomic E-state index is 0.0991. The van der Waals surface area contributed by atoms with Crippen LogP contribution in [0.25, 0.3) is 0 Å². The summed E-state index contributed by atoms with van der Waals surface area (Å²) in [6.45, 7) is -0.0991. The van der Waals surface area contributed by atoms with Gasteiger partial charge in [0.05, 0.1) is 5.02 Å². The van der Waals surface area contributed by atoms with Crippen LogP contribution in [0.5, 0.6) is 0 Å². The quantitative estimate of drug-likeness (QED) is 0.685. The van der Waals surface area contributed by atoms with E-state index in [1.165, 1.54) is 18.5 Å². The Labute approximate surface area is 111 Å². The molecule has 0 radical (unpaired) electrons. The van der Waals surface area contributed by atoms with Gasteiger partial charge in [-0.1, -0.05) is 11.6 Å². The summed E-state index contributed by atoms with van der Waals surface area (Å²) in [6.07, 6.45) is 2.78. The molecule has 1 aromatic carbocycles. The van der Waals surface area contributed by atoms with Crippen molar-refractivity contribution in [1.29, 1.82) is 0 Å². The Morgan fingerprint density at radius 3 is 2.32 bits per heavy atom. The second-order valence-electron chi connectivity index (χ2n) is 3.66. The molecule has 0 bridgehead atoms. The average Bonchev–Trinajstić information content (AvgIpc) is 2.38. The van der Waals surface area contributed by atoms with Crippen molar-refractivity contribution in [1.82, 2.24) is 4.98 Å². The Morgan fingerprint density at radius 2 is 1.74 bits per heavy atom. The van der Waals surface area contributed by atoms with E-state index in [1.807, 2.05) is 0 Å². The van der Waals surface area contributed by atoms with Gasteiger partial charge in [0.25, 0.3) is 0 Å². The van der Waals surface area contributed by atoms with Crippen molar-refractivity contribution < 1.29 is 17.6 Å². The molecule has 0 saturated heterocycles. The predicted octanol–water partition coefficient (Wildman–Crippen LogP) is 3.90. The summed E-state index contributed by atoms with van der Waals surface area (Å²) >= 11 is 5.79. The number of nitrogens with one attached hydrogen (secondary N) is 1. The van der Waals surface area contributed by atoms with Crippen LogP contribution >= 0.6 is 11.6 Å². The van der Waals surface area contributed by atoms with Crippen LogP contribution in [-0.4, -0.2) is 4.98 Å². The fourth-order valence-electron chi connectivity index (χ4n) is 1.46. The largest absolute Gasteiger partial charge is 0.376 e. The minimum atomic E-state index is -1.48.